The zero-order chi connectivity index (χ0) is 9.97. The SMILES string of the molecule is Cc1nc(C=O)n(-c2ccccc2)n1. The molecule has 0 atom stereocenters. The highest BCUT2D eigenvalue weighted by Gasteiger charge is 2.06. The van der Waals surface area contributed by atoms with Gasteiger partial charge in [0.1, 0.15) is 5.82 Å². The van der Waals surface area contributed by atoms with Crippen LogP contribution in [-0.2, 0) is 0 Å². The molecule has 0 amide bonds. The molecule has 0 fully saturated rings. The van der Waals surface area contributed by atoms with Gasteiger partial charge in [-0.25, -0.2) is 9.67 Å². The molecule has 0 unspecified atom stereocenters. The lowest BCUT2D eigenvalue weighted by Crippen LogP contribution is -2.01. The van der Waals surface area contributed by atoms with Crippen molar-refractivity contribution >= 4 is 6.29 Å². The fourth-order valence-electron chi connectivity index (χ4n) is 1.27. The monoisotopic (exact) mass is 187 g/mol. The van der Waals surface area contributed by atoms with Crippen molar-refractivity contribution in [1.82, 2.24) is 14.8 Å². The van der Waals surface area contributed by atoms with Crippen molar-refractivity contribution in [2.24, 2.45) is 0 Å². The van der Waals surface area contributed by atoms with Gasteiger partial charge >= 0.3 is 0 Å². The summed E-state index contributed by atoms with van der Waals surface area (Å²) in [4.78, 5) is 14.7. The van der Waals surface area contributed by atoms with Gasteiger partial charge in [0, 0.05) is 0 Å². The fourth-order valence-corrected chi connectivity index (χ4v) is 1.27. The molecule has 4 heteroatoms. The van der Waals surface area contributed by atoms with E-state index in [4.69, 9.17) is 0 Å². The molecule has 1 heterocycles. The molecule has 1 aromatic heterocycles. The van der Waals surface area contributed by atoms with Crippen molar-refractivity contribution in [3.8, 4) is 5.69 Å². The van der Waals surface area contributed by atoms with Gasteiger partial charge in [-0.15, -0.1) is 0 Å². The smallest absolute Gasteiger partial charge is 0.196 e. The molecule has 0 aliphatic rings. The third-order valence-corrected chi connectivity index (χ3v) is 1.84. The minimum absolute atomic E-state index is 0.328. The first-order valence-electron chi connectivity index (χ1n) is 4.25. The number of nitrogens with zero attached hydrogens (tertiary/aromatic N) is 3. The largest absolute Gasteiger partial charge is 0.294 e. The highest BCUT2D eigenvalue weighted by atomic mass is 16.1. The van der Waals surface area contributed by atoms with E-state index in [1.165, 1.54) is 4.68 Å². The van der Waals surface area contributed by atoms with Gasteiger partial charge in [0.25, 0.3) is 0 Å². The molecule has 2 rings (SSSR count). The molecule has 0 radical (unpaired) electrons. The molecule has 1 aromatic carbocycles. The average Bonchev–Trinajstić information content (AvgIpc) is 2.61. The summed E-state index contributed by atoms with van der Waals surface area (Å²) in [5.41, 5.74) is 0.843. The molecule has 0 spiro atoms. The van der Waals surface area contributed by atoms with Gasteiger partial charge in [-0.2, -0.15) is 5.10 Å². The molecule has 0 saturated carbocycles. The molecule has 0 aliphatic carbocycles. The second-order valence-electron chi connectivity index (χ2n) is 2.88. The highest BCUT2D eigenvalue weighted by molar-refractivity contribution is 5.70. The lowest BCUT2D eigenvalue weighted by molar-refractivity contribution is 0.111. The maximum Gasteiger partial charge on any atom is 0.196 e. The van der Waals surface area contributed by atoms with Gasteiger partial charge in [-0.05, 0) is 19.1 Å². The van der Waals surface area contributed by atoms with Gasteiger partial charge in [0.15, 0.2) is 12.1 Å². The highest BCUT2D eigenvalue weighted by Crippen LogP contribution is 2.07. The third-order valence-electron chi connectivity index (χ3n) is 1.84. The zero-order valence-corrected chi connectivity index (χ0v) is 7.71. The number of hydrogen-bond donors (Lipinski definition) is 0. The first-order valence-corrected chi connectivity index (χ1v) is 4.25. The molecular weight excluding hydrogens is 178 g/mol. The van der Waals surface area contributed by atoms with E-state index in [1.807, 2.05) is 30.3 Å². The summed E-state index contributed by atoms with van der Waals surface area (Å²) in [6.07, 6.45) is 0.701. The van der Waals surface area contributed by atoms with Crippen LogP contribution in [0.3, 0.4) is 0 Å². The van der Waals surface area contributed by atoms with E-state index < -0.39 is 0 Å². The molecule has 14 heavy (non-hydrogen) atoms. The Morgan fingerprint density at radius 1 is 1.29 bits per heavy atom. The predicted octanol–water partition coefficient (Wildman–Crippen LogP) is 1.39. The van der Waals surface area contributed by atoms with Gasteiger partial charge < -0.3 is 0 Å². The summed E-state index contributed by atoms with van der Waals surface area (Å²) < 4.78 is 1.53. The molecule has 2 aromatic rings. The number of carbonyl (C=O) groups is 1. The standard InChI is InChI=1S/C10H9N3O/c1-8-11-10(7-14)13(12-8)9-5-3-2-4-6-9/h2-7H,1H3. The van der Waals surface area contributed by atoms with Crippen LogP contribution in [-0.4, -0.2) is 21.1 Å². The van der Waals surface area contributed by atoms with Crippen LogP contribution in [0.2, 0.25) is 0 Å². The number of rotatable bonds is 2. The van der Waals surface area contributed by atoms with Crippen molar-refractivity contribution in [3.63, 3.8) is 0 Å². The average molecular weight is 187 g/mol. The summed E-state index contributed by atoms with van der Waals surface area (Å²) >= 11 is 0. The van der Waals surface area contributed by atoms with E-state index in [0.717, 1.165) is 5.69 Å². The number of para-hydroxylation sites is 1. The molecule has 0 bridgehead atoms. The van der Waals surface area contributed by atoms with E-state index in [9.17, 15) is 4.79 Å². The van der Waals surface area contributed by atoms with E-state index in [0.29, 0.717) is 17.9 Å². The van der Waals surface area contributed by atoms with Crippen molar-refractivity contribution in [1.29, 1.82) is 0 Å². The minimum Gasteiger partial charge on any atom is -0.294 e. The lowest BCUT2D eigenvalue weighted by atomic mass is 10.3. The number of benzene rings is 1. The molecule has 70 valence electrons. The second kappa shape index (κ2) is 3.41. The normalized spacial score (nSPS) is 10.1. The molecular formula is C10H9N3O. The number of aryl methyl sites for hydroxylation is 1. The lowest BCUT2D eigenvalue weighted by Gasteiger charge is -1.99. The zero-order valence-electron chi connectivity index (χ0n) is 7.71. The Morgan fingerprint density at radius 3 is 2.64 bits per heavy atom. The van der Waals surface area contributed by atoms with Gasteiger partial charge in [-0.3, -0.25) is 4.79 Å². The Balaban J connectivity index is 2.56. The van der Waals surface area contributed by atoms with Gasteiger partial charge in [0.05, 0.1) is 5.69 Å². The number of aromatic nitrogens is 3. The van der Waals surface area contributed by atoms with Crippen molar-refractivity contribution in [2.75, 3.05) is 0 Å². The Bertz CT molecular complexity index is 448. The first-order chi connectivity index (χ1) is 6.81. The topological polar surface area (TPSA) is 47.8 Å². The van der Waals surface area contributed by atoms with Crippen molar-refractivity contribution in [2.45, 2.75) is 6.92 Å². The van der Waals surface area contributed by atoms with Crippen molar-refractivity contribution < 1.29 is 4.79 Å². The fraction of sp³-hybridized carbons (Fsp3) is 0.100. The molecule has 0 saturated heterocycles. The van der Waals surface area contributed by atoms with Gasteiger partial charge in [-0.1, -0.05) is 18.2 Å². The number of hydrogen-bond acceptors (Lipinski definition) is 3. The Hall–Kier alpha value is -1.97. The first kappa shape index (κ1) is 8.62. The van der Waals surface area contributed by atoms with Crippen LogP contribution in [0.25, 0.3) is 5.69 Å². The van der Waals surface area contributed by atoms with Crippen LogP contribution in [0.4, 0.5) is 0 Å². The third kappa shape index (κ3) is 1.42. The molecule has 4 nitrogen and oxygen atoms in total. The summed E-state index contributed by atoms with van der Waals surface area (Å²) in [5.74, 6) is 0.921. The predicted molar refractivity (Wildman–Crippen MR) is 51.5 cm³/mol. The van der Waals surface area contributed by atoms with E-state index in [2.05, 4.69) is 10.1 Å². The van der Waals surface area contributed by atoms with Crippen LogP contribution in [0.5, 0.6) is 0 Å². The quantitative estimate of drug-likeness (QED) is 0.667. The Labute approximate surface area is 81.2 Å². The van der Waals surface area contributed by atoms with Crippen LogP contribution >= 0.6 is 0 Å². The van der Waals surface area contributed by atoms with E-state index in [1.54, 1.807) is 6.92 Å². The molecule has 0 aliphatic heterocycles. The summed E-state index contributed by atoms with van der Waals surface area (Å²) in [6, 6.07) is 9.44. The maximum atomic E-state index is 10.7. The Kier molecular flexibility index (Phi) is 2.10. The summed E-state index contributed by atoms with van der Waals surface area (Å²) in [6.45, 7) is 1.76. The van der Waals surface area contributed by atoms with Crippen LogP contribution < -0.4 is 0 Å². The number of carbonyl (C=O) groups excluding carboxylic acids is 1. The minimum atomic E-state index is 0.328. The van der Waals surface area contributed by atoms with Gasteiger partial charge in [0.2, 0.25) is 0 Å². The molecule has 0 N–H and O–H groups in total. The summed E-state index contributed by atoms with van der Waals surface area (Å²) in [5, 5.41) is 4.13. The van der Waals surface area contributed by atoms with Crippen LogP contribution in [0.15, 0.2) is 30.3 Å². The van der Waals surface area contributed by atoms with E-state index >= 15 is 0 Å². The van der Waals surface area contributed by atoms with Crippen LogP contribution in [0, 0.1) is 6.92 Å². The maximum absolute atomic E-state index is 10.7. The van der Waals surface area contributed by atoms with Crippen molar-refractivity contribution in [3.05, 3.63) is 42.0 Å². The Morgan fingerprint density at radius 2 is 2.00 bits per heavy atom. The summed E-state index contributed by atoms with van der Waals surface area (Å²) in [7, 11) is 0. The second-order valence-corrected chi connectivity index (χ2v) is 2.88. The number of aldehydes is 1. The van der Waals surface area contributed by atoms with Crippen LogP contribution in [0.1, 0.15) is 16.4 Å². The van der Waals surface area contributed by atoms with E-state index in [-0.39, 0.29) is 0 Å².